The summed E-state index contributed by atoms with van der Waals surface area (Å²) in [6.07, 6.45) is 0. The van der Waals surface area contributed by atoms with Gasteiger partial charge in [-0.2, -0.15) is 0 Å². The normalized spacial score (nSPS) is 10.8. The highest BCUT2D eigenvalue weighted by Gasteiger charge is 2.15. The van der Waals surface area contributed by atoms with Crippen molar-refractivity contribution in [1.29, 1.82) is 0 Å². The van der Waals surface area contributed by atoms with Crippen molar-refractivity contribution in [2.24, 2.45) is 0 Å². The third-order valence-electron chi connectivity index (χ3n) is 4.55. The van der Waals surface area contributed by atoms with Crippen LogP contribution in [0.2, 0.25) is 5.02 Å². The molecule has 1 heterocycles. The van der Waals surface area contributed by atoms with Gasteiger partial charge in [0.05, 0.1) is 21.7 Å². The zero-order chi connectivity index (χ0) is 20.2. The molecular weight excluding hydrogens is 386 g/mol. The van der Waals surface area contributed by atoms with Crippen molar-refractivity contribution >= 4 is 34.2 Å². The summed E-state index contributed by atoms with van der Waals surface area (Å²) in [5, 5.41) is 3.40. The zero-order valence-electron chi connectivity index (χ0n) is 15.9. The first-order chi connectivity index (χ1) is 14.1. The van der Waals surface area contributed by atoms with E-state index in [-0.39, 0.29) is 19.1 Å². The van der Waals surface area contributed by atoms with E-state index in [4.69, 9.17) is 16.3 Å². The summed E-state index contributed by atoms with van der Waals surface area (Å²) < 4.78 is 7.73. The van der Waals surface area contributed by atoms with Gasteiger partial charge >= 0.3 is 0 Å². The predicted octanol–water partition coefficient (Wildman–Crippen LogP) is 5.22. The van der Waals surface area contributed by atoms with E-state index < -0.39 is 0 Å². The van der Waals surface area contributed by atoms with Crippen LogP contribution in [0.15, 0.2) is 72.8 Å². The van der Waals surface area contributed by atoms with Crippen LogP contribution in [-0.4, -0.2) is 15.5 Å². The smallest absolute Gasteiger partial charge is 0.244 e. The number of hydrogen-bond donors (Lipinski definition) is 1. The average molecular weight is 406 g/mol. The fourth-order valence-corrected chi connectivity index (χ4v) is 3.41. The van der Waals surface area contributed by atoms with Gasteiger partial charge in [-0.3, -0.25) is 4.79 Å². The number of nitrogens with one attached hydrogen (secondary N) is 1. The van der Waals surface area contributed by atoms with Gasteiger partial charge in [0.15, 0.2) is 0 Å². The number of aryl methyl sites for hydroxylation is 1. The molecule has 3 aromatic carbocycles. The first kappa shape index (κ1) is 19.0. The Morgan fingerprint density at radius 1 is 1.07 bits per heavy atom. The minimum atomic E-state index is -0.181. The van der Waals surface area contributed by atoms with Gasteiger partial charge in [-0.15, -0.1) is 0 Å². The lowest BCUT2D eigenvalue weighted by Crippen LogP contribution is -2.21. The molecular formula is C23H20ClN3O2. The molecule has 0 radical (unpaired) electrons. The first-order valence-corrected chi connectivity index (χ1v) is 9.66. The predicted molar refractivity (Wildman–Crippen MR) is 115 cm³/mol. The molecule has 0 fully saturated rings. The summed E-state index contributed by atoms with van der Waals surface area (Å²) in [4.78, 5) is 17.4. The molecule has 0 bridgehead atoms. The molecule has 0 saturated carbocycles. The van der Waals surface area contributed by atoms with E-state index in [1.54, 1.807) is 6.07 Å². The van der Waals surface area contributed by atoms with Gasteiger partial charge in [-0.25, -0.2) is 4.98 Å². The van der Waals surface area contributed by atoms with Crippen molar-refractivity contribution in [2.45, 2.75) is 20.1 Å². The number of benzene rings is 3. The van der Waals surface area contributed by atoms with Crippen LogP contribution in [0, 0.1) is 6.92 Å². The number of anilines is 1. The number of carbonyl (C=O) groups excluding carboxylic acids is 1. The van der Waals surface area contributed by atoms with Crippen LogP contribution in [0.5, 0.6) is 5.75 Å². The zero-order valence-corrected chi connectivity index (χ0v) is 16.7. The second-order valence-corrected chi connectivity index (χ2v) is 7.14. The molecule has 1 aromatic heterocycles. The van der Waals surface area contributed by atoms with E-state index in [2.05, 4.69) is 10.3 Å². The summed E-state index contributed by atoms with van der Waals surface area (Å²) in [6.45, 7) is 2.32. The van der Waals surface area contributed by atoms with E-state index >= 15 is 0 Å². The SMILES string of the molecule is Cc1ccc(NC(=O)Cn2c(COc3ccccc3)nc3ccccc32)c(Cl)c1. The van der Waals surface area contributed by atoms with E-state index in [9.17, 15) is 4.79 Å². The lowest BCUT2D eigenvalue weighted by molar-refractivity contribution is -0.116. The van der Waals surface area contributed by atoms with E-state index in [0.29, 0.717) is 16.5 Å². The minimum Gasteiger partial charge on any atom is -0.486 e. The van der Waals surface area contributed by atoms with Crippen LogP contribution in [0.4, 0.5) is 5.69 Å². The Morgan fingerprint density at radius 2 is 1.83 bits per heavy atom. The highest BCUT2D eigenvalue weighted by Crippen LogP contribution is 2.23. The van der Waals surface area contributed by atoms with Gasteiger partial charge in [0.1, 0.15) is 24.7 Å². The Morgan fingerprint density at radius 3 is 2.62 bits per heavy atom. The first-order valence-electron chi connectivity index (χ1n) is 9.28. The molecule has 0 aliphatic rings. The van der Waals surface area contributed by atoms with Gasteiger partial charge in [-0.05, 0) is 48.9 Å². The van der Waals surface area contributed by atoms with E-state index in [1.165, 1.54) is 0 Å². The molecule has 4 aromatic rings. The molecule has 0 unspecified atom stereocenters. The number of halogens is 1. The quantitative estimate of drug-likeness (QED) is 0.478. The van der Waals surface area contributed by atoms with Gasteiger partial charge < -0.3 is 14.6 Å². The minimum absolute atomic E-state index is 0.109. The Bertz CT molecular complexity index is 1160. The number of aromatic nitrogens is 2. The number of ether oxygens (including phenoxy) is 1. The third-order valence-corrected chi connectivity index (χ3v) is 4.86. The van der Waals surface area contributed by atoms with Crippen molar-refractivity contribution in [2.75, 3.05) is 5.32 Å². The second-order valence-electron chi connectivity index (χ2n) is 6.74. The summed E-state index contributed by atoms with van der Waals surface area (Å²) in [7, 11) is 0. The standard InChI is InChI=1S/C23H20ClN3O2/c1-16-11-12-19(18(24)13-16)26-23(28)14-27-21-10-6-5-9-20(21)25-22(27)15-29-17-7-3-2-4-8-17/h2-13H,14-15H2,1H3,(H,26,28). The van der Waals surface area contributed by atoms with Crippen molar-refractivity contribution in [3.63, 3.8) is 0 Å². The molecule has 146 valence electrons. The lowest BCUT2D eigenvalue weighted by Gasteiger charge is -2.12. The highest BCUT2D eigenvalue weighted by atomic mass is 35.5. The molecule has 5 nitrogen and oxygen atoms in total. The maximum Gasteiger partial charge on any atom is 0.244 e. The van der Waals surface area contributed by atoms with Crippen molar-refractivity contribution in [1.82, 2.24) is 9.55 Å². The second kappa shape index (κ2) is 8.37. The molecule has 0 atom stereocenters. The Kier molecular flexibility index (Phi) is 5.49. The summed E-state index contributed by atoms with van der Waals surface area (Å²) in [5.74, 6) is 1.25. The van der Waals surface area contributed by atoms with Gasteiger partial charge in [0, 0.05) is 0 Å². The van der Waals surface area contributed by atoms with Gasteiger partial charge in [0.2, 0.25) is 5.91 Å². The lowest BCUT2D eigenvalue weighted by atomic mass is 10.2. The molecule has 4 rings (SSSR count). The van der Waals surface area contributed by atoms with E-state index in [0.717, 1.165) is 22.3 Å². The van der Waals surface area contributed by atoms with Crippen LogP contribution in [0.3, 0.4) is 0 Å². The molecule has 0 aliphatic carbocycles. The topological polar surface area (TPSA) is 56.2 Å². The van der Waals surface area contributed by atoms with Crippen LogP contribution in [0.1, 0.15) is 11.4 Å². The molecule has 0 saturated heterocycles. The highest BCUT2D eigenvalue weighted by molar-refractivity contribution is 6.33. The molecule has 29 heavy (non-hydrogen) atoms. The Balaban J connectivity index is 1.57. The van der Waals surface area contributed by atoms with Crippen LogP contribution >= 0.6 is 11.6 Å². The number of para-hydroxylation sites is 3. The molecule has 0 aliphatic heterocycles. The summed E-state index contributed by atoms with van der Waals surface area (Å²) in [5.41, 5.74) is 3.33. The maximum atomic E-state index is 12.7. The number of imidazole rings is 1. The van der Waals surface area contributed by atoms with Gasteiger partial charge in [0.25, 0.3) is 0 Å². The number of amides is 1. The number of rotatable bonds is 6. The largest absolute Gasteiger partial charge is 0.486 e. The van der Waals surface area contributed by atoms with Crippen LogP contribution < -0.4 is 10.1 Å². The Hall–Kier alpha value is -3.31. The molecule has 6 heteroatoms. The number of carbonyl (C=O) groups is 1. The number of fused-ring (bicyclic) bond motifs is 1. The fraction of sp³-hybridized carbons (Fsp3) is 0.130. The molecule has 0 spiro atoms. The van der Waals surface area contributed by atoms with Gasteiger partial charge in [-0.1, -0.05) is 48.0 Å². The van der Waals surface area contributed by atoms with Crippen LogP contribution in [0.25, 0.3) is 11.0 Å². The molecule has 1 amide bonds. The average Bonchev–Trinajstić information content (AvgIpc) is 3.07. The summed E-state index contributed by atoms with van der Waals surface area (Å²) in [6, 6.07) is 22.8. The van der Waals surface area contributed by atoms with Crippen LogP contribution in [-0.2, 0) is 17.9 Å². The van der Waals surface area contributed by atoms with Crippen molar-refractivity contribution in [3.8, 4) is 5.75 Å². The maximum absolute atomic E-state index is 12.7. The Labute approximate surface area is 173 Å². The fourth-order valence-electron chi connectivity index (χ4n) is 3.13. The number of nitrogens with zero attached hydrogens (tertiary/aromatic N) is 2. The number of hydrogen-bond acceptors (Lipinski definition) is 3. The third kappa shape index (κ3) is 4.41. The summed E-state index contributed by atoms with van der Waals surface area (Å²) >= 11 is 6.25. The monoisotopic (exact) mass is 405 g/mol. The van der Waals surface area contributed by atoms with Crippen molar-refractivity contribution in [3.05, 3.63) is 89.2 Å². The van der Waals surface area contributed by atoms with Crippen molar-refractivity contribution < 1.29 is 9.53 Å². The molecule has 1 N–H and O–H groups in total. The van der Waals surface area contributed by atoms with E-state index in [1.807, 2.05) is 78.2 Å².